The van der Waals surface area contributed by atoms with Crippen LogP contribution in [-0.2, 0) is 4.79 Å². The van der Waals surface area contributed by atoms with Gasteiger partial charge in [0.1, 0.15) is 12.1 Å². The molecule has 0 spiro atoms. The summed E-state index contributed by atoms with van der Waals surface area (Å²) in [4.78, 5) is 23.4. The van der Waals surface area contributed by atoms with Crippen molar-refractivity contribution in [3.63, 3.8) is 0 Å². The van der Waals surface area contributed by atoms with Crippen LogP contribution < -0.4 is 0 Å². The van der Waals surface area contributed by atoms with Crippen molar-refractivity contribution < 1.29 is 4.79 Å². The standard InChI is InChI=1S/C20H32N4O/c1-4-20(21-3)22-18-19(2)10-6-5-7-11-23-13-15-24(16-14-23)12-8-9-17-25/h17-18H,3-5,7-9,11-16H2,1-2H3/b19-18+,22-20?. The van der Waals surface area contributed by atoms with E-state index in [0.717, 1.165) is 82.6 Å². The number of hydrogen-bond donors (Lipinski definition) is 0. The van der Waals surface area contributed by atoms with E-state index in [4.69, 9.17) is 0 Å². The number of rotatable bonds is 9. The molecule has 1 fully saturated rings. The van der Waals surface area contributed by atoms with Gasteiger partial charge in [-0.15, -0.1) is 0 Å². The van der Waals surface area contributed by atoms with Crippen LogP contribution >= 0.6 is 0 Å². The maximum absolute atomic E-state index is 10.4. The molecule has 5 nitrogen and oxygen atoms in total. The summed E-state index contributed by atoms with van der Waals surface area (Å²) in [5.74, 6) is 7.11. The highest BCUT2D eigenvalue weighted by atomic mass is 16.1. The number of carbonyl (C=O) groups is 1. The Bertz CT molecular complexity index is 520. The minimum absolute atomic E-state index is 0.682. The molecule has 25 heavy (non-hydrogen) atoms. The first kappa shape index (κ1) is 21.3. The number of amidine groups is 1. The zero-order valence-corrected chi connectivity index (χ0v) is 15.8. The van der Waals surface area contributed by atoms with E-state index in [1.807, 2.05) is 13.8 Å². The lowest BCUT2D eigenvalue weighted by Crippen LogP contribution is -2.46. The lowest BCUT2D eigenvalue weighted by Gasteiger charge is -2.34. The first-order valence-corrected chi connectivity index (χ1v) is 9.27. The average molecular weight is 345 g/mol. The largest absolute Gasteiger partial charge is 0.303 e. The summed E-state index contributed by atoms with van der Waals surface area (Å²) in [5, 5.41) is 0. The van der Waals surface area contributed by atoms with Gasteiger partial charge in [0.05, 0.1) is 0 Å². The van der Waals surface area contributed by atoms with Gasteiger partial charge in [0.15, 0.2) is 0 Å². The Morgan fingerprint density at radius 1 is 1.16 bits per heavy atom. The number of piperazine rings is 1. The van der Waals surface area contributed by atoms with Crippen molar-refractivity contribution in [2.24, 2.45) is 9.98 Å². The summed E-state index contributed by atoms with van der Waals surface area (Å²) in [6.45, 7) is 14.1. The number of carbonyl (C=O) groups excluding carboxylic acids is 1. The topological polar surface area (TPSA) is 48.3 Å². The predicted molar refractivity (Wildman–Crippen MR) is 106 cm³/mol. The molecule has 1 aliphatic heterocycles. The molecule has 138 valence electrons. The smallest absolute Gasteiger partial charge is 0.127 e. The van der Waals surface area contributed by atoms with Crippen LogP contribution in [0.25, 0.3) is 0 Å². The fourth-order valence-corrected chi connectivity index (χ4v) is 2.68. The highest BCUT2D eigenvalue weighted by Crippen LogP contribution is 2.05. The van der Waals surface area contributed by atoms with Gasteiger partial charge in [0.25, 0.3) is 0 Å². The van der Waals surface area contributed by atoms with Gasteiger partial charge in [-0.25, -0.2) is 9.98 Å². The molecule has 1 saturated heterocycles. The van der Waals surface area contributed by atoms with E-state index in [0.29, 0.717) is 6.42 Å². The van der Waals surface area contributed by atoms with Crippen LogP contribution in [0.4, 0.5) is 0 Å². The molecular formula is C20H32N4O. The molecule has 0 aromatic rings. The van der Waals surface area contributed by atoms with E-state index in [-0.39, 0.29) is 0 Å². The summed E-state index contributed by atoms with van der Waals surface area (Å²) in [5.41, 5.74) is 0.957. The number of unbranched alkanes of at least 4 members (excludes halogenated alkanes) is 2. The van der Waals surface area contributed by atoms with E-state index in [1.165, 1.54) is 0 Å². The second kappa shape index (κ2) is 13.5. The molecule has 1 heterocycles. The number of allylic oxidation sites excluding steroid dienone is 1. The first-order valence-electron chi connectivity index (χ1n) is 9.27. The third-order valence-electron chi connectivity index (χ3n) is 4.23. The number of hydrogen-bond acceptors (Lipinski definition) is 4. The van der Waals surface area contributed by atoms with Crippen molar-refractivity contribution in [2.75, 3.05) is 39.3 Å². The van der Waals surface area contributed by atoms with Crippen molar-refractivity contribution >= 4 is 18.8 Å². The molecule has 0 radical (unpaired) electrons. The zero-order chi connectivity index (χ0) is 18.3. The molecule has 0 atom stereocenters. The van der Waals surface area contributed by atoms with Gasteiger partial charge in [0.2, 0.25) is 0 Å². The maximum Gasteiger partial charge on any atom is 0.127 e. The molecule has 1 rings (SSSR count). The molecule has 1 aliphatic rings. The lowest BCUT2D eigenvalue weighted by molar-refractivity contribution is -0.108. The summed E-state index contributed by atoms with van der Waals surface area (Å²) in [7, 11) is 0. The Labute approximate surface area is 152 Å². The van der Waals surface area contributed by atoms with Crippen molar-refractivity contribution in [3.8, 4) is 11.8 Å². The van der Waals surface area contributed by atoms with Crippen LogP contribution in [0.2, 0.25) is 0 Å². The Morgan fingerprint density at radius 3 is 2.36 bits per heavy atom. The van der Waals surface area contributed by atoms with Gasteiger partial charge in [-0.3, -0.25) is 0 Å². The van der Waals surface area contributed by atoms with Crippen LogP contribution in [0.5, 0.6) is 0 Å². The fraction of sp³-hybridized carbons (Fsp3) is 0.650. The van der Waals surface area contributed by atoms with Crippen molar-refractivity contribution in [1.82, 2.24) is 9.80 Å². The van der Waals surface area contributed by atoms with E-state index >= 15 is 0 Å². The second-order valence-electron chi connectivity index (χ2n) is 6.27. The minimum atomic E-state index is 0.682. The molecule has 0 amide bonds. The summed E-state index contributed by atoms with van der Waals surface area (Å²) in [6.07, 6.45) is 7.24. The van der Waals surface area contributed by atoms with E-state index in [9.17, 15) is 4.79 Å². The third-order valence-corrected chi connectivity index (χ3v) is 4.23. The number of aliphatic imine (C=N–C) groups is 2. The summed E-state index contributed by atoms with van der Waals surface area (Å²) in [6, 6.07) is 0. The molecule has 0 aromatic carbocycles. The average Bonchev–Trinajstić information content (AvgIpc) is 2.63. The molecule has 0 unspecified atom stereocenters. The van der Waals surface area contributed by atoms with Crippen LogP contribution in [0.1, 0.15) is 46.0 Å². The molecular weight excluding hydrogens is 312 g/mol. The molecule has 0 saturated carbocycles. The van der Waals surface area contributed by atoms with E-state index < -0.39 is 0 Å². The predicted octanol–water partition coefficient (Wildman–Crippen LogP) is 2.78. The van der Waals surface area contributed by atoms with Gasteiger partial charge in [0, 0.05) is 57.2 Å². The van der Waals surface area contributed by atoms with Crippen molar-refractivity contribution in [2.45, 2.75) is 46.0 Å². The van der Waals surface area contributed by atoms with Crippen molar-refractivity contribution in [3.05, 3.63) is 11.8 Å². The van der Waals surface area contributed by atoms with Gasteiger partial charge >= 0.3 is 0 Å². The minimum Gasteiger partial charge on any atom is -0.303 e. The summed E-state index contributed by atoms with van der Waals surface area (Å²) < 4.78 is 0. The Hall–Kier alpha value is -1.77. The quantitative estimate of drug-likeness (QED) is 0.212. The second-order valence-corrected chi connectivity index (χ2v) is 6.27. The van der Waals surface area contributed by atoms with E-state index in [1.54, 1.807) is 6.20 Å². The first-order chi connectivity index (χ1) is 12.2. The fourth-order valence-electron chi connectivity index (χ4n) is 2.68. The van der Waals surface area contributed by atoms with Gasteiger partial charge in [-0.2, -0.15) is 0 Å². The van der Waals surface area contributed by atoms with Crippen molar-refractivity contribution in [1.29, 1.82) is 0 Å². The molecule has 0 aliphatic carbocycles. The molecule has 0 N–H and O–H groups in total. The Balaban J connectivity index is 2.18. The van der Waals surface area contributed by atoms with Crippen LogP contribution in [0.15, 0.2) is 21.8 Å². The Kier molecular flexibility index (Phi) is 11.5. The third kappa shape index (κ3) is 9.96. The zero-order valence-electron chi connectivity index (χ0n) is 15.8. The lowest BCUT2D eigenvalue weighted by atomic mass is 10.2. The SMILES string of the molecule is C=NC(CC)=N/C=C(\C)C#CCCCN1CCN(CCCC=O)CC1. The van der Waals surface area contributed by atoms with Crippen LogP contribution in [0.3, 0.4) is 0 Å². The van der Waals surface area contributed by atoms with Crippen LogP contribution in [0, 0.1) is 11.8 Å². The highest BCUT2D eigenvalue weighted by Gasteiger charge is 2.15. The number of aldehydes is 1. The Morgan fingerprint density at radius 2 is 1.80 bits per heavy atom. The monoisotopic (exact) mass is 344 g/mol. The van der Waals surface area contributed by atoms with E-state index in [2.05, 4.69) is 38.3 Å². The molecule has 5 heteroatoms. The highest BCUT2D eigenvalue weighted by molar-refractivity contribution is 5.86. The summed E-state index contributed by atoms with van der Waals surface area (Å²) >= 11 is 0. The van der Waals surface area contributed by atoms with Gasteiger partial charge in [-0.05, 0) is 39.6 Å². The normalized spacial score (nSPS) is 17.0. The van der Waals surface area contributed by atoms with Gasteiger partial charge in [-0.1, -0.05) is 18.8 Å². The van der Waals surface area contributed by atoms with Crippen LogP contribution in [-0.4, -0.2) is 67.9 Å². The maximum atomic E-state index is 10.4. The molecule has 0 aromatic heterocycles. The van der Waals surface area contributed by atoms with Gasteiger partial charge < -0.3 is 14.6 Å². The molecule has 0 bridgehead atoms. The number of nitrogens with zero attached hydrogens (tertiary/aromatic N) is 4.